The molecular formula is C22H27N5O3. The smallest absolute Gasteiger partial charge is 0.256 e. The average Bonchev–Trinajstić information content (AvgIpc) is 3.14. The van der Waals surface area contributed by atoms with Gasteiger partial charge in [0.25, 0.3) is 5.91 Å². The van der Waals surface area contributed by atoms with Crippen LogP contribution >= 0.6 is 0 Å². The summed E-state index contributed by atoms with van der Waals surface area (Å²) in [4.78, 5) is 19.5. The predicted molar refractivity (Wildman–Crippen MR) is 115 cm³/mol. The van der Waals surface area contributed by atoms with Crippen LogP contribution in [0.25, 0.3) is 5.65 Å². The summed E-state index contributed by atoms with van der Waals surface area (Å²) >= 11 is 0. The molecule has 1 aromatic carbocycles. The molecule has 30 heavy (non-hydrogen) atoms. The second-order valence-corrected chi connectivity index (χ2v) is 8.35. The summed E-state index contributed by atoms with van der Waals surface area (Å²) in [7, 11) is 0. The van der Waals surface area contributed by atoms with E-state index in [9.17, 15) is 9.90 Å². The minimum Gasteiger partial charge on any atom is -0.386 e. The highest BCUT2D eigenvalue weighted by atomic mass is 16.5. The van der Waals surface area contributed by atoms with E-state index in [-0.39, 0.29) is 18.1 Å². The molecule has 0 bridgehead atoms. The summed E-state index contributed by atoms with van der Waals surface area (Å²) in [6.45, 7) is 8.97. The Morgan fingerprint density at radius 3 is 2.47 bits per heavy atom. The number of aliphatic hydroxyl groups is 1. The zero-order valence-electron chi connectivity index (χ0n) is 17.7. The molecule has 3 heterocycles. The number of hydrogen-bond donors (Lipinski definition) is 2. The first-order chi connectivity index (χ1) is 14.2. The van der Waals surface area contributed by atoms with Crippen LogP contribution in [0.3, 0.4) is 0 Å². The third-order valence-corrected chi connectivity index (χ3v) is 5.18. The van der Waals surface area contributed by atoms with Gasteiger partial charge in [0.2, 0.25) is 0 Å². The van der Waals surface area contributed by atoms with Gasteiger partial charge in [0, 0.05) is 30.8 Å². The Morgan fingerprint density at radius 1 is 1.17 bits per heavy atom. The molecule has 0 saturated carbocycles. The summed E-state index contributed by atoms with van der Waals surface area (Å²) in [5.41, 5.74) is 0.946. The molecule has 1 aliphatic rings. The van der Waals surface area contributed by atoms with Gasteiger partial charge in [0.05, 0.1) is 24.0 Å². The fourth-order valence-corrected chi connectivity index (χ4v) is 3.77. The molecular weight excluding hydrogens is 382 g/mol. The van der Waals surface area contributed by atoms with Crippen molar-refractivity contribution in [3.63, 3.8) is 0 Å². The van der Waals surface area contributed by atoms with Crippen molar-refractivity contribution >= 4 is 23.2 Å². The molecule has 1 saturated heterocycles. The van der Waals surface area contributed by atoms with E-state index in [0.717, 1.165) is 24.5 Å². The van der Waals surface area contributed by atoms with Gasteiger partial charge in [-0.15, -0.1) is 0 Å². The first kappa shape index (κ1) is 20.3. The van der Waals surface area contributed by atoms with Crippen molar-refractivity contribution in [2.24, 2.45) is 0 Å². The van der Waals surface area contributed by atoms with E-state index in [0.29, 0.717) is 17.0 Å². The molecule has 0 radical (unpaired) electrons. The number of ether oxygens (including phenoxy) is 1. The number of morpholine rings is 1. The van der Waals surface area contributed by atoms with Crippen LogP contribution in [0.2, 0.25) is 0 Å². The molecule has 2 N–H and O–H groups in total. The first-order valence-corrected chi connectivity index (χ1v) is 10.1. The lowest BCUT2D eigenvalue weighted by molar-refractivity contribution is -0.00557. The highest BCUT2D eigenvalue weighted by Crippen LogP contribution is 2.24. The minimum absolute atomic E-state index is 0.0971. The molecule has 1 fully saturated rings. The van der Waals surface area contributed by atoms with Crippen molar-refractivity contribution in [3.8, 4) is 0 Å². The standard InChI is InChI=1S/C22H27N5O3/c1-14-12-26(13-15(2)30-14)20-11-18(24-19-9-10-23-27(19)20)25-21(28)16-5-7-17(8-6-16)22(3,4)29/h5-11,14-15,29H,12-13H2,1-4H3,(H,24,25,28). The summed E-state index contributed by atoms with van der Waals surface area (Å²) in [5, 5.41) is 17.4. The Morgan fingerprint density at radius 2 is 1.83 bits per heavy atom. The van der Waals surface area contributed by atoms with Gasteiger partial charge in [-0.2, -0.15) is 9.61 Å². The van der Waals surface area contributed by atoms with E-state index in [2.05, 4.69) is 20.3 Å². The fraction of sp³-hybridized carbons (Fsp3) is 0.409. The van der Waals surface area contributed by atoms with Crippen LogP contribution in [0, 0.1) is 0 Å². The van der Waals surface area contributed by atoms with Crippen LogP contribution in [-0.4, -0.2) is 50.9 Å². The maximum atomic E-state index is 12.8. The maximum absolute atomic E-state index is 12.8. The summed E-state index contributed by atoms with van der Waals surface area (Å²) < 4.78 is 7.62. The van der Waals surface area contributed by atoms with Crippen LogP contribution in [-0.2, 0) is 10.3 Å². The van der Waals surface area contributed by atoms with Crippen molar-refractivity contribution in [1.29, 1.82) is 0 Å². The number of rotatable bonds is 4. The lowest BCUT2D eigenvalue weighted by Crippen LogP contribution is -2.46. The third-order valence-electron chi connectivity index (χ3n) is 5.18. The van der Waals surface area contributed by atoms with Crippen LogP contribution in [0.4, 0.5) is 11.6 Å². The Bertz CT molecular complexity index is 1040. The monoisotopic (exact) mass is 409 g/mol. The molecule has 158 valence electrons. The van der Waals surface area contributed by atoms with Gasteiger partial charge in [0.1, 0.15) is 11.6 Å². The summed E-state index contributed by atoms with van der Waals surface area (Å²) in [5.74, 6) is 1.06. The number of fused-ring (bicyclic) bond motifs is 1. The number of aromatic nitrogens is 3. The summed E-state index contributed by atoms with van der Waals surface area (Å²) in [6.07, 6.45) is 1.89. The van der Waals surface area contributed by atoms with Crippen molar-refractivity contribution in [2.45, 2.75) is 45.5 Å². The van der Waals surface area contributed by atoms with E-state index in [1.54, 1.807) is 48.8 Å². The molecule has 2 unspecified atom stereocenters. The predicted octanol–water partition coefficient (Wildman–Crippen LogP) is 2.82. The number of benzene rings is 1. The van der Waals surface area contributed by atoms with Gasteiger partial charge < -0.3 is 20.1 Å². The highest BCUT2D eigenvalue weighted by Gasteiger charge is 2.25. The number of nitrogens with one attached hydrogen (secondary N) is 1. The van der Waals surface area contributed by atoms with E-state index < -0.39 is 5.60 Å². The first-order valence-electron chi connectivity index (χ1n) is 10.1. The van der Waals surface area contributed by atoms with Crippen molar-refractivity contribution in [1.82, 2.24) is 14.6 Å². The Kier molecular flexibility index (Phi) is 5.21. The molecule has 8 heteroatoms. The van der Waals surface area contributed by atoms with Gasteiger partial charge in [-0.1, -0.05) is 12.1 Å². The summed E-state index contributed by atoms with van der Waals surface area (Å²) in [6, 6.07) is 10.6. The van der Waals surface area contributed by atoms with Crippen LogP contribution in [0.1, 0.15) is 43.6 Å². The van der Waals surface area contributed by atoms with Crippen molar-refractivity contribution in [2.75, 3.05) is 23.3 Å². The molecule has 2 atom stereocenters. The van der Waals surface area contributed by atoms with Gasteiger partial charge in [-0.25, -0.2) is 4.98 Å². The number of carbonyl (C=O) groups excluding carboxylic acids is 1. The molecule has 3 aromatic rings. The molecule has 1 aliphatic heterocycles. The fourth-order valence-electron chi connectivity index (χ4n) is 3.77. The topological polar surface area (TPSA) is 92.0 Å². The van der Waals surface area contributed by atoms with E-state index in [1.165, 1.54) is 0 Å². The van der Waals surface area contributed by atoms with E-state index >= 15 is 0 Å². The van der Waals surface area contributed by atoms with Crippen molar-refractivity contribution < 1.29 is 14.6 Å². The molecule has 4 rings (SSSR count). The molecule has 8 nitrogen and oxygen atoms in total. The van der Waals surface area contributed by atoms with Crippen molar-refractivity contribution in [3.05, 3.63) is 53.7 Å². The van der Waals surface area contributed by atoms with Gasteiger partial charge in [-0.05, 0) is 45.4 Å². The Balaban J connectivity index is 1.61. The number of nitrogens with zero attached hydrogens (tertiary/aromatic N) is 4. The van der Waals surface area contributed by atoms with Crippen LogP contribution < -0.4 is 10.2 Å². The zero-order chi connectivity index (χ0) is 21.5. The minimum atomic E-state index is -0.953. The van der Waals surface area contributed by atoms with Crippen LogP contribution in [0.5, 0.6) is 0 Å². The number of amides is 1. The molecule has 2 aromatic heterocycles. The molecule has 0 spiro atoms. The number of hydrogen-bond acceptors (Lipinski definition) is 6. The lowest BCUT2D eigenvalue weighted by atomic mass is 9.97. The highest BCUT2D eigenvalue weighted by molar-refractivity contribution is 6.04. The van der Waals surface area contributed by atoms with Gasteiger partial charge >= 0.3 is 0 Å². The normalized spacial score (nSPS) is 19.8. The number of carbonyl (C=O) groups is 1. The van der Waals surface area contributed by atoms with Gasteiger partial charge in [0.15, 0.2) is 5.65 Å². The second kappa shape index (κ2) is 7.70. The maximum Gasteiger partial charge on any atom is 0.256 e. The SMILES string of the molecule is CC1CN(c2cc(NC(=O)c3ccc(C(C)(C)O)cc3)nc3ccnn23)CC(C)O1. The lowest BCUT2D eigenvalue weighted by Gasteiger charge is -2.36. The van der Waals surface area contributed by atoms with E-state index in [4.69, 9.17) is 4.74 Å². The van der Waals surface area contributed by atoms with Crippen LogP contribution in [0.15, 0.2) is 42.6 Å². The van der Waals surface area contributed by atoms with Gasteiger partial charge in [-0.3, -0.25) is 4.79 Å². The quantitative estimate of drug-likeness (QED) is 0.689. The third kappa shape index (κ3) is 4.15. The zero-order valence-corrected chi connectivity index (χ0v) is 17.7. The largest absolute Gasteiger partial charge is 0.386 e. The Labute approximate surface area is 175 Å². The average molecular weight is 409 g/mol. The molecule has 0 aliphatic carbocycles. The van der Waals surface area contributed by atoms with E-state index in [1.807, 2.05) is 26.0 Å². The number of anilines is 2. The Hall–Kier alpha value is -2.97. The molecule has 1 amide bonds. The second-order valence-electron chi connectivity index (χ2n) is 8.35.